The maximum atomic E-state index is 12.4. The van der Waals surface area contributed by atoms with Crippen LogP contribution in [0.5, 0.6) is 11.5 Å². The molecule has 0 aliphatic rings. The van der Waals surface area contributed by atoms with E-state index in [2.05, 4.69) is 5.32 Å². The van der Waals surface area contributed by atoms with Gasteiger partial charge in [0.1, 0.15) is 11.5 Å². The van der Waals surface area contributed by atoms with Crippen molar-refractivity contribution >= 4 is 5.91 Å². The van der Waals surface area contributed by atoms with Gasteiger partial charge in [0, 0.05) is 5.56 Å². The van der Waals surface area contributed by atoms with Gasteiger partial charge in [-0.1, -0.05) is 24.3 Å². The largest absolute Gasteiger partial charge is 0.497 e. The number of benzene rings is 2. The number of methoxy groups -OCH3 is 2. The number of hydrogen-bond donors (Lipinski definition) is 2. The molecule has 0 saturated heterocycles. The van der Waals surface area contributed by atoms with Crippen LogP contribution in [-0.2, 0) is 17.6 Å². The Bertz CT molecular complexity index is 715. The summed E-state index contributed by atoms with van der Waals surface area (Å²) in [5.74, 6) is 1.14. The highest BCUT2D eigenvalue weighted by atomic mass is 16.5. The van der Waals surface area contributed by atoms with Crippen molar-refractivity contribution in [3.05, 3.63) is 59.2 Å². The number of aliphatic hydroxyl groups excluding tert-OH is 1. The van der Waals surface area contributed by atoms with Gasteiger partial charge in [-0.05, 0) is 42.7 Å². The maximum Gasteiger partial charge on any atom is 0.224 e. The van der Waals surface area contributed by atoms with Gasteiger partial charge < -0.3 is 19.9 Å². The number of hydrogen-bond acceptors (Lipinski definition) is 4. The quantitative estimate of drug-likeness (QED) is 0.772. The number of amides is 1. The molecule has 2 aromatic carbocycles. The minimum atomic E-state index is -0.329. The molecule has 0 fully saturated rings. The third kappa shape index (κ3) is 5.22. The van der Waals surface area contributed by atoms with E-state index in [-0.39, 0.29) is 25.0 Å². The van der Waals surface area contributed by atoms with Crippen LogP contribution in [0.3, 0.4) is 0 Å². The van der Waals surface area contributed by atoms with E-state index in [1.54, 1.807) is 32.4 Å². The van der Waals surface area contributed by atoms with Crippen molar-refractivity contribution < 1.29 is 19.4 Å². The van der Waals surface area contributed by atoms with Gasteiger partial charge in [0.15, 0.2) is 0 Å². The van der Waals surface area contributed by atoms with E-state index in [1.807, 2.05) is 31.2 Å². The second kappa shape index (κ2) is 9.08. The second-order valence-corrected chi connectivity index (χ2v) is 5.93. The molecule has 0 saturated carbocycles. The summed E-state index contributed by atoms with van der Waals surface area (Å²) in [6.45, 7) is 1.90. The summed E-state index contributed by atoms with van der Waals surface area (Å²) in [4.78, 5) is 12.4. The molecule has 25 heavy (non-hydrogen) atoms. The third-order valence-electron chi connectivity index (χ3n) is 4.15. The van der Waals surface area contributed by atoms with Gasteiger partial charge in [0.25, 0.3) is 0 Å². The fourth-order valence-corrected chi connectivity index (χ4v) is 2.74. The van der Waals surface area contributed by atoms with Crippen LogP contribution in [0.2, 0.25) is 0 Å². The van der Waals surface area contributed by atoms with E-state index in [1.165, 1.54) is 0 Å². The smallest absolute Gasteiger partial charge is 0.224 e. The number of rotatable bonds is 8. The molecule has 1 atom stereocenters. The lowest BCUT2D eigenvalue weighted by Gasteiger charge is -2.18. The second-order valence-electron chi connectivity index (χ2n) is 5.93. The Morgan fingerprint density at radius 2 is 1.88 bits per heavy atom. The molecule has 2 aromatic rings. The fourth-order valence-electron chi connectivity index (χ4n) is 2.74. The van der Waals surface area contributed by atoms with Crippen molar-refractivity contribution in [2.24, 2.45) is 0 Å². The first-order chi connectivity index (χ1) is 12.1. The Kier molecular flexibility index (Phi) is 6.83. The molecule has 1 unspecified atom stereocenters. The van der Waals surface area contributed by atoms with Crippen molar-refractivity contribution in [2.45, 2.75) is 25.8 Å². The van der Waals surface area contributed by atoms with E-state index in [0.29, 0.717) is 17.9 Å². The van der Waals surface area contributed by atoms with Gasteiger partial charge in [-0.2, -0.15) is 0 Å². The highest BCUT2D eigenvalue weighted by Crippen LogP contribution is 2.24. The number of carbonyl (C=O) groups is 1. The third-order valence-corrected chi connectivity index (χ3v) is 4.15. The number of aliphatic hydroxyl groups is 1. The molecule has 1 amide bonds. The van der Waals surface area contributed by atoms with Gasteiger partial charge in [-0.25, -0.2) is 0 Å². The van der Waals surface area contributed by atoms with Crippen molar-refractivity contribution in [1.29, 1.82) is 0 Å². The first-order valence-electron chi connectivity index (χ1n) is 8.23. The molecule has 0 radical (unpaired) electrons. The van der Waals surface area contributed by atoms with Crippen LogP contribution >= 0.6 is 0 Å². The summed E-state index contributed by atoms with van der Waals surface area (Å²) in [7, 11) is 3.15. The SMILES string of the molecule is COc1ccc(OC)c(CC(=O)NC(CO)Cc2ccccc2C)c1. The van der Waals surface area contributed by atoms with Crippen LogP contribution in [-0.4, -0.2) is 37.9 Å². The zero-order valence-corrected chi connectivity index (χ0v) is 14.9. The first-order valence-corrected chi connectivity index (χ1v) is 8.23. The maximum absolute atomic E-state index is 12.4. The minimum absolute atomic E-state index is 0.116. The van der Waals surface area contributed by atoms with Crippen LogP contribution in [0, 0.1) is 6.92 Å². The minimum Gasteiger partial charge on any atom is -0.497 e. The molecule has 5 heteroatoms. The van der Waals surface area contributed by atoms with Gasteiger partial charge in [0.05, 0.1) is 33.3 Å². The normalized spacial score (nSPS) is 11.7. The average molecular weight is 343 g/mol. The average Bonchev–Trinajstić information content (AvgIpc) is 2.62. The number of nitrogens with one attached hydrogen (secondary N) is 1. The zero-order valence-electron chi connectivity index (χ0n) is 14.9. The Morgan fingerprint density at radius 1 is 1.12 bits per heavy atom. The molecular weight excluding hydrogens is 318 g/mol. The summed E-state index contributed by atoms with van der Waals surface area (Å²) >= 11 is 0. The molecule has 0 aromatic heterocycles. The molecule has 0 bridgehead atoms. The van der Waals surface area contributed by atoms with Gasteiger partial charge in [-0.3, -0.25) is 4.79 Å². The lowest BCUT2D eigenvalue weighted by Crippen LogP contribution is -2.40. The predicted molar refractivity (Wildman–Crippen MR) is 97.1 cm³/mol. The van der Waals surface area contributed by atoms with E-state index in [4.69, 9.17) is 9.47 Å². The van der Waals surface area contributed by atoms with Gasteiger partial charge in [0.2, 0.25) is 5.91 Å². The van der Waals surface area contributed by atoms with Crippen LogP contribution in [0.4, 0.5) is 0 Å². The Balaban J connectivity index is 2.04. The zero-order chi connectivity index (χ0) is 18.2. The van der Waals surface area contributed by atoms with Crippen molar-refractivity contribution in [3.63, 3.8) is 0 Å². The molecule has 0 aliphatic carbocycles. The number of ether oxygens (including phenoxy) is 2. The summed E-state index contributed by atoms with van der Waals surface area (Å²) < 4.78 is 10.5. The molecule has 2 rings (SSSR count). The van der Waals surface area contributed by atoms with E-state index < -0.39 is 0 Å². The molecular formula is C20H25NO4. The highest BCUT2D eigenvalue weighted by Gasteiger charge is 2.15. The fraction of sp³-hybridized carbons (Fsp3) is 0.350. The standard InChI is InChI=1S/C20H25NO4/c1-14-6-4-5-7-15(14)10-17(13-22)21-20(23)12-16-11-18(24-2)8-9-19(16)25-3/h4-9,11,17,22H,10,12-13H2,1-3H3,(H,21,23). The Morgan fingerprint density at radius 3 is 2.52 bits per heavy atom. The number of carbonyl (C=O) groups excluding carboxylic acids is 1. The first kappa shape index (κ1) is 18.8. The van der Waals surface area contributed by atoms with Crippen LogP contribution in [0.25, 0.3) is 0 Å². The summed E-state index contributed by atoms with van der Waals surface area (Å²) in [5, 5.41) is 12.5. The van der Waals surface area contributed by atoms with Gasteiger partial charge >= 0.3 is 0 Å². The summed E-state index contributed by atoms with van der Waals surface area (Å²) in [6, 6.07) is 13.0. The Labute approximate surface area is 148 Å². The van der Waals surface area contributed by atoms with Crippen molar-refractivity contribution in [3.8, 4) is 11.5 Å². The monoisotopic (exact) mass is 343 g/mol. The van der Waals surface area contributed by atoms with E-state index >= 15 is 0 Å². The van der Waals surface area contributed by atoms with Crippen molar-refractivity contribution in [1.82, 2.24) is 5.32 Å². The molecule has 2 N–H and O–H groups in total. The summed E-state index contributed by atoms with van der Waals surface area (Å²) in [5.41, 5.74) is 3.00. The molecule has 0 aliphatic heterocycles. The van der Waals surface area contributed by atoms with E-state index in [0.717, 1.165) is 16.7 Å². The van der Waals surface area contributed by atoms with Gasteiger partial charge in [-0.15, -0.1) is 0 Å². The van der Waals surface area contributed by atoms with Crippen LogP contribution in [0.15, 0.2) is 42.5 Å². The van der Waals surface area contributed by atoms with E-state index in [9.17, 15) is 9.90 Å². The molecule has 134 valence electrons. The Hall–Kier alpha value is -2.53. The lowest BCUT2D eigenvalue weighted by atomic mass is 10.0. The highest BCUT2D eigenvalue weighted by molar-refractivity contribution is 5.79. The predicted octanol–water partition coefficient (Wildman–Crippen LogP) is 2.27. The van der Waals surface area contributed by atoms with Crippen molar-refractivity contribution in [2.75, 3.05) is 20.8 Å². The molecule has 0 heterocycles. The van der Waals surface area contributed by atoms with Crippen LogP contribution in [0.1, 0.15) is 16.7 Å². The molecule has 0 spiro atoms. The summed E-state index contributed by atoms with van der Waals surface area (Å²) in [6.07, 6.45) is 0.745. The number of aryl methyl sites for hydroxylation is 1. The topological polar surface area (TPSA) is 67.8 Å². The lowest BCUT2D eigenvalue weighted by molar-refractivity contribution is -0.121. The molecule has 5 nitrogen and oxygen atoms in total. The van der Waals surface area contributed by atoms with Crippen LogP contribution < -0.4 is 14.8 Å².